The van der Waals surface area contributed by atoms with Crippen LogP contribution in [0.1, 0.15) is 58.6 Å². The lowest BCUT2D eigenvalue weighted by Crippen LogP contribution is -2.51. The highest BCUT2D eigenvalue weighted by atomic mass is 19.1. The minimum absolute atomic E-state index is 0.333. The number of fused-ring (bicyclic) bond motifs is 1. The number of halogens is 1. The van der Waals surface area contributed by atoms with Gasteiger partial charge in [0.2, 0.25) is 0 Å². The number of ether oxygens (including phenoxy) is 1. The second-order valence-electron chi connectivity index (χ2n) is 8.26. The minimum atomic E-state index is -2.14. The van der Waals surface area contributed by atoms with Gasteiger partial charge in [0.15, 0.2) is 28.9 Å². The Hall–Kier alpha value is -1.84. The van der Waals surface area contributed by atoms with Gasteiger partial charge in [-0.05, 0) is 26.7 Å². The molecule has 28 heavy (non-hydrogen) atoms. The predicted molar refractivity (Wildman–Crippen MR) is 102 cm³/mol. The van der Waals surface area contributed by atoms with Crippen molar-refractivity contribution in [2.45, 2.75) is 82.0 Å². The summed E-state index contributed by atoms with van der Waals surface area (Å²) in [6.07, 6.45) is 7.73. The zero-order chi connectivity index (χ0) is 19.9. The molecule has 0 bridgehead atoms. The van der Waals surface area contributed by atoms with Gasteiger partial charge in [0.25, 0.3) is 0 Å². The molecule has 1 saturated carbocycles. The number of rotatable bonds is 4. The van der Waals surface area contributed by atoms with E-state index in [0.29, 0.717) is 23.0 Å². The summed E-state index contributed by atoms with van der Waals surface area (Å²) in [6, 6.07) is 0.333. The van der Waals surface area contributed by atoms with Gasteiger partial charge in [-0.1, -0.05) is 25.7 Å². The molecule has 1 aliphatic heterocycles. The molecule has 2 aromatic heterocycles. The molecule has 3 N–H and O–H groups in total. The van der Waals surface area contributed by atoms with E-state index < -0.39 is 30.2 Å². The van der Waals surface area contributed by atoms with Gasteiger partial charge >= 0.3 is 0 Å². The van der Waals surface area contributed by atoms with Gasteiger partial charge in [-0.25, -0.2) is 19.3 Å². The number of anilines is 1. The summed E-state index contributed by atoms with van der Waals surface area (Å²) in [5, 5.41) is 23.6. The van der Waals surface area contributed by atoms with E-state index in [1.807, 2.05) is 0 Å². The van der Waals surface area contributed by atoms with E-state index in [2.05, 4.69) is 20.3 Å². The molecule has 8 nitrogen and oxygen atoms in total. The first-order valence-corrected chi connectivity index (χ1v) is 9.98. The fourth-order valence-electron chi connectivity index (χ4n) is 4.27. The highest BCUT2D eigenvalue weighted by Crippen LogP contribution is 2.48. The first kappa shape index (κ1) is 19.5. The maximum atomic E-state index is 15.5. The SMILES string of the molecule is C[C@]1(F)[C@H](n2cnc3c(NC4CCCCCC4)ncnc32)O[C@H](CO)[C@@]1(C)O. The Morgan fingerprint density at radius 3 is 2.57 bits per heavy atom. The molecule has 4 rings (SSSR count). The quantitative estimate of drug-likeness (QED) is 0.685. The Balaban J connectivity index is 1.67. The summed E-state index contributed by atoms with van der Waals surface area (Å²) in [5.41, 5.74) is -3.03. The van der Waals surface area contributed by atoms with Crippen LogP contribution in [0.15, 0.2) is 12.7 Å². The molecule has 0 radical (unpaired) electrons. The fraction of sp³-hybridized carbons (Fsp3) is 0.737. The van der Waals surface area contributed by atoms with E-state index in [4.69, 9.17) is 4.74 Å². The van der Waals surface area contributed by atoms with Crippen LogP contribution >= 0.6 is 0 Å². The standard InChI is InChI=1S/C19H28FN5O3/c1-18(20)17(28-13(9-26)19(18,2)27)25-11-23-14-15(21-10-22-16(14)25)24-12-7-5-3-4-6-8-12/h10-13,17,26-27H,3-9H2,1-2H3,(H,21,22,24)/t13-,17-,18+,19-/m1/s1. The number of hydrogen-bond acceptors (Lipinski definition) is 7. The third kappa shape index (κ3) is 3.05. The summed E-state index contributed by atoms with van der Waals surface area (Å²) in [5.74, 6) is 0.625. The third-order valence-electron chi connectivity index (χ3n) is 6.35. The minimum Gasteiger partial charge on any atom is -0.394 e. The maximum Gasteiger partial charge on any atom is 0.183 e. The van der Waals surface area contributed by atoms with Crippen LogP contribution in [-0.4, -0.2) is 59.8 Å². The lowest BCUT2D eigenvalue weighted by Gasteiger charge is -2.32. The van der Waals surface area contributed by atoms with E-state index in [1.54, 1.807) is 0 Å². The topological polar surface area (TPSA) is 105 Å². The van der Waals surface area contributed by atoms with Crippen LogP contribution in [-0.2, 0) is 4.74 Å². The summed E-state index contributed by atoms with van der Waals surface area (Å²) in [4.78, 5) is 13.0. The van der Waals surface area contributed by atoms with Crippen molar-refractivity contribution in [2.24, 2.45) is 0 Å². The van der Waals surface area contributed by atoms with Gasteiger partial charge < -0.3 is 20.3 Å². The molecule has 4 atom stereocenters. The number of alkyl halides is 1. The molecule has 2 fully saturated rings. The fourth-order valence-corrected chi connectivity index (χ4v) is 4.27. The zero-order valence-electron chi connectivity index (χ0n) is 16.3. The number of aromatic nitrogens is 4. The van der Waals surface area contributed by atoms with Crippen LogP contribution in [0.5, 0.6) is 0 Å². The highest BCUT2D eigenvalue weighted by molar-refractivity contribution is 5.82. The number of nitrogens with zero attached hydrogens (tertiary/aromatic N) is 4. The predicted octanol–water partition coefficient (Wildman–Crippen LogP) is 2.33. The Labute approximate surface area is 163 Å². The number of aliphatic hydroxyl groups is 2. The van der Waals surface area contributed by atoms with Crippen LogP contribution in [0.4, 0.5) is 10.2 Å². The normalized spacial score (nSPS) is 34.6. The summed E-state index contributed by atoms with van der Waals surface area (Å²) in [6.45, 7) is 2.12. The van der Waals surface area contributed by atoms with Crippen LogP contribution in [0, 0.1) is 0 Å². The molecule has 0 spiro atoms. The second-order valence-corrected chi connectivity index (χ2v) is 8.26. The average molecular weight is 393 g/mol. The lowest BCUT2D eigenvalue weighted by atomic mass is 9.85. The molecule has 1 saturated heterocycles. The molecule has 0 aromatic carbocycles. The van der Waals surface area contributed by atoms with E-state index >= 15 is 4.39 Å². The number of hydrogen-bond donors (Lipinski definition) is 3. The Bertz CT molecular complexity index is 832. The molecule has 0 amide bonds. The van der Waals surface area contributed by atoms with Crippen LogP contribution in [0.25, 0.3) is 11.2 Å². The van der Waals surface area contributed by atoms with E-state index in [9.17, 15) is 10.2 Å². The first-order valence-electron chi connectivity index (χ1n) is 9.98. The van der Waals surface area contributed by atoms with Crippen molar-refractivity contribution in [2.75, 3.05) is 11.9 Å². The van der Waals surface area contributed by atoms with Gasteiger partial charge in [-0.3, -0.25) is 4.57 Å². The van der Waals surface area contributed by atoms with Crippen molar-refractivity contribution in [3.63, 3.8) is 0 Å². The van der Waals surface area contributed by atoms with Gasteiger partial charge in [0.1, 0.15) is 18.0 Å². The molecule has 0 unspecified atom stereocenters. The maximum absolute atomic E-state index is 15.5. The Morgan fingerprint density at radius 2 is 1.93 bits per heavy atom. The van der Waals surface area contributed by atoms with Gasteiger partial charge in [-0.2, -0.15) is 0 Å². The Morgan fingerprint density at radius 1 is 1.21 bits per heavy atom. The molecule has 1 aliphatic carbocycles. The number of nitrogens with one attached hydrogen (secondary N) is 1. The first-order chi connectivity index (χ1) is 13.4. The van der Waals surface area contributed by atoms with Crippen molar-refractivity contribution < 1.29 is 19.3 Å². The third-order valence-corrected chi connectivity index (χ3v) is 6.35. The van der Waals surface area contributed by atoms with Crippen molar-refractivity contribution in [3.8, 4) is 0 Å². The summed E-state index contributed by atoms with van der Waals surface area (Å²) in [7, 11) is 0. The second kappa shape index (κ2) is 7.20. The summed E-state index contributed by atoms with van der Waals surface area (Å²) >= 11 is 0. The zero-order valence-corrected chi connectivity index (χ0v) is 16.3. The molecular weight excluding hydrogens is 365 g/mol. The number of aliphatic hydroxyl groups excluding tert-OH is 1. The average Bonchev–Trinajstić information content (AvgIpc) is 3.01. The molecule has 2 aromatic rings. The number of imidazole rings is 1. The van der Waals surface area contributed by atoms with Crippen molar-refractivity contribution in [3.05, 3.63) is 12.7 Å². The lowest BCUT2D eigenvalue weighted by molar-refractivity contribution is -0.0891. The molecule has 3 heterocycles. The molecule has 154 valence electrons. The largest absolute Gasteiger partial charge is 0.394 e. The highest BCUT2D eigenvalue weighted by Gasteiger charge is 2.63. The Kier molecular flexibility index (Phi) is 5.01. The van der Waals surface area contributed by atoms with Crippen molar-refractivity contribution in [1.82, 2.24) is 19.5 Å². The smallest absolute Gasteiger partial charge is 0.183 e. The van der Waals surface area contributed by atoms with Crippen molar-refractivity contribution in [1.29, 1.82) is 0 Å². The van der Waals surface area contributed by atoms with Crippen LogP contribution < -0.4 is 5.32 Å². The van der Waals surface area contributed by atoms with Crippen molar-refractivity contribution >= 4 is 17.0 Å². The van der Waals surface area contributed by atoms with Crippen LogP contribution in [0.3, 0.4) is 0 Å². The molecule has 2 aliphatic rings. The van der Waals surface area contributed by atoms with E-state index in [1.165, 1.54) is 56.8 Å². The van der Waals surface area contributed by atoms with Gasteiger partial charge in [0.05, 0.1) is 12.9 Å². The van der Waals surface area contributed by atoms with Gasteiger partial charge in [-0.15, -0.1) is 0 Å². The van der Waals surface area contributed by atoms with Crippen LogP contribution in [0.2, 0.25) is 0 Å². The molecular formula is C19H28FN5O3. The van der Waals surface area contributed by atoms with E-state index in [0.717, 1.165) is 12.8 Å². The molecule has 9 heteroatoms. The monoisotopic (exact) mass is 393 g/mol. The summed E-state index contributed by atoms with van der Waals surface area (Å²) < 4.78 is 22.6. The van der Waals surface area contributed by atoms with E-state index in [-0.39, 0.29) is 0 Å². The van der Waals surface area contributed by atoms with Gasteiger partial charge in [0, 0.05) is 6.04 Å².